The van der Waals surface area contributed by atoms with Crippen LogP contribution in [0.1, 0.15) is 19.8 Å². The molecule has 0 N–H and O–H groups in total. The third-order valence-electron chi connectivity index (χ3n) is 4.47. The van der Waals surface area contributed by atoms with E-state index < -0.39 is 9.84 Å². The topological polar surface area (TPSA) is 40.6 Å². The normalized spacial score (nSPS) is 17.2. The molecule has 0 amide bonds. The van der Waals surface area contributed by atoms with Gasteiger partial charge in [0.2, 0.25) is 0 Å². The highest BCUT2D eigenvalue weighted by Crippen LogP contribution is 2.22. The number of rotatable bonds is 6. The molecule has 0 spiro atoms. The zero-order valence-electron chi connectivity index (χ0n) is 13.3. The van der Waals surface area contributed by atoms with Gasteiger partial charge in [-0.15, -0.1) is 0 Å². The first-order valence-corrected chi connectivity index (χ1v) is 9.64. The first-order chi connectivity index (χ1) is 10.4. The summed E-state index contributed by atoms with van der Waals surface area (Å²) in [6, 6.07) is 7.02. The van der Waals surface area contributed by atoms with Gasteiger partial charge in [0.1, 0.15) is 5.82 Å². The molecule has 1 aliphatic rings. The Morgan fingerprint density at radius 3 is 2.36 bits per heavy atom. The van der Waals surface area contributed by atoms with Gasteiger partial charge in [-0.05, 0) is 44.2 Å². The molecule has 0 bridgehead atoms. The molecule has 0 aromatic heterocycles. The van der Waals surface area contributed by atoms with Crippen LogP contribution in [0.4, 0.5) is 10.1 Å². The van der Waals surface area contributed by atoms with E-state index in [1.54, 1.807) is 6.92 Å². The summed E-state index contributed by atoms with van der Waals surface area (Å²) in [4.78, 5) is 4.42. The van der Waals surface area contributed by atoms with Crippen LogP contribution in [0.5, 0.6) is 0 Å². The number of hydrogen-bond donors (Lipinski definition) is 0. The van der Waals surface area contributed by atoms with Crippen molar-refractivity contribution < 1.29 is 12.8 Å². The maximum absolute atomic E-state index is 13.0. The molecule has 1 saturated heterocycles. The predicted molar refractivity (Wildman–Crippen MR) is 88.6 cm³/mol. The molecule has 0 unspecified atom stereocenters. The molecule has 1 aromatic rings. The maximum atomic E-state index is 13.0. The van der Waals surface area contributed by atoms with Crippen molar-refractivity contribution in [1.29, 1.82) is 0 Å². The van der Waals surface area contributed by atoms with E-state index in [9.17, 15) is 12.8 Å². The van der Waals surface area contributed by atoms with Crippen molar-refractivity contribution in [3.63, 3.8) is 0 Å². The molecule has 124 valence electrons. The quantitative estimate of drug-likeness (QED) is 0.802. The average molecular weight is 328 g/mol. The minimum atomic E-state index is -2.90. The number of nitrogens with zero attached hydrogens (tertiary/aromatic N) is 2. The lowest BCUT2D eigenvalue weighted by Gasteiger charge is -2.37. The molecule has 2 rings (SSSR count). The van der Waals surface area contributed by atoms with Crippen molar-refractivity contribution in [2.45, 2.75) is 25.8 Å². The predicted octanol–water partition coefficient (Wildman–Crippen LogP) is 2.16. The van der Waals surface area contributed by atoms with Crippen LogP contribution >= 0.6 is 0 Å². The van der Waals surface area contributed by atoms with Crippen molar-refractivity contribution in [1.82, 2.24) is 4.90 Å². The standard InChI is InChI=1S/C16H25FN2O2S/c1-3-22(20,21)13-12-18(2)15-8-10-19(11-9-15)16-6-4-14(17)5-7-16/h4-7,15H,3,8-13H2,1-2H3. The van der Waals surface area contributed by atoms with Crippen LogP contribution in [0.3, 0.4) is 0 Å². The molecule has 6 heteroatoms. The average Bonchev–Trinajstić information content (AvgIpc) is 2.54. The Balaban J connectivity index is 1.82. The highest BCUT2D eigenvalue weighted by molar-refractivity contribution is 7.91. The van der Waals surface area contributed by atoms with E-state index in [1.807, 2.05) is 19.2 Å². The summed E-state index contributed by atoms with van der Waals surface area (Å²) in [5, 5.41) is 0. The van der Waals surface area contributed by atoms with E-state index >= 15 is 0 Å². The molecule has 22 heavy (non-hydrogen) atoms. The first kappa shape index (κ1) is 17.2. The minimum Gasteiger partial charge on any atom is -0.371 e. The molecule has 1 heterocycles. The summed E-state index contributed by atoms with van der Waals surface area (Å²) >= 11 is 0. The maximum Gasteiger partial charge on any atom is 0.151 e. The molecule has 0 radical (unpaired) electrons. The van der Waals surface area contributed by atoms with E-state index in [0.29, 0.717) is 12.6 Å². The van der Waals surface area contributed by atoms with Crippen LogP contribution < -0.4 is 4.90 Å². The lowest BCUT2D eigenvalue weighted by molar-refractivity contribution is 0.218. The third kappa shape index (κ3) is 4.68. The number of piperidine rings is 1. The molecular formula is C16H25FN2O2S. The van der Waals surface area contributed by atoms with Gasteiger partial charge in [-0.1, -0.05) is 6.92 Å². The molecule has 0 saturated carbocycles. The van der Waals surface area contributed by atoms with Crippen LogP contribution in [-0.2, 0) is 9.84 Å². The smallest absolute Gasteiger partial charge is 0.151 e. The highest BCUT2D eigenvalue weighted by atomic mass is 32.2. The summed E-state index contributed by atoms with van der Waals surface area (Å²) < 4.78 is 36.1. The summed E-state index contributed by atoms with van der Waals surface area (Å²) in [5.41, 5.74) is 1.05. The number of sulfone groups is 1. The van der Waals surface area contributed by atoms with Crippen LogP contribution in [0.15, 0.2) is 24.3 Å². The zero-order valence-corrected chi connectivity index (χ0v) is 14.2. The van der Waals surface area contributed by atoms with E-state index in [1.165, 1.54) is 12.1 Å². The van der Waals surface area contributed by atoms with Crippen molar-refractivity contribution in [3.05, 3.63) is 30.1 Å². The van der Waals surface area contributed by atoms with Crippen LogP contribution in [0.25, 0.3) is 0 Å². The fourth-order valence-corrected chi connectivity index (χ4v) is 3.68. The molecule has 0 atom stereocenters. The Morgan fingerprint density at radius 1 is 1.23 bits per heavy atom. The Morgan fingerprint density at radius 2 is 1.82 bits per heavy atom. The SMILES string of the molecule is CCS(=O)(=O)CCN(C)C1CCN(c2ccc(F)cc2)CC1. The molecule has 4 nitrogen and oxygen atoms in total. The largest absolute Gasteiger partial charge is 0.371 e. The number of hydrogen-bond acceptors (Lipinski definition) is 4. The number of anilines is 1. The molecule has 1 aliphatic heterocycles. The summed E-state index contributed by atoms with van der Waals surface area (Å²) in [7, 11) is -0.895. The van der Waals surface area contributed by atoms with Crippen molar-refractivity contribution in [3.8, 4) is 0 Å². The van der Waals surface area contributed by atoms with Gasteiger partial charge in [-0.3, -0.25) is 0 Å². The number of benzene rings is 1. The van der Waals surface area contributed by atoms with Crippen LogP contribution in [0.2, 0.25) is 0 Å². The van der Waals surface area contributed by atoms with E-state index in [-0.39, 0.29) is 17.3 Å². The van der Waals surface area contributed by atoms with Crippen molar-refractivity contribution in [2.75, 3.05) is 43.1 Å². The summed E-state index contributed by atoms with van der Waals surface area (Å²) in [6.45, 7) is 4.12. The van der Waals surface area contributed by atoms with Gasteiger partial charge in [-0.25, -0.2) is 12.8 Å². The lowest BCUT2D eigenvalue weighted by atomic mass is 10.0. The molecule has 1 aromatic carbocycles. The Kier molecular flexibility index (Phi) is 5.81. The zero-order chi connectivity index (χ0) is 16.2. The second-order valence-electron chi connectivity index (χ2n) is 5.91. The summed E-state index contributed by atoms with van der Waals surface area (Å²) in [5.74, 6) is 0.234. The van der Waals surface area contributed by atoms with E-state index in [2.05, 4.69) is 9.80 Å². The minimum absolute atomic E-state index is 0.212. The second kappa shape index (κ2) is 7.42. The Bertz CT molecular complexity index is 566. The van der Waals surface area contributed by atoms with Crippen molar-refractivity contribution in [2.24, 2.45) is 0 Å². The molecule has 1 fully saturated rings. The van der Waals surface area contributed by atoms with E-state index in [0.717, 1.165) is 31.6 Å². The van der Waals surface area contributed by atoms with Gasteiger partial charge < -0.3 is 9.80 Å². The molecule has 0 aliphatic carbocycles. The lowest BCUT2D eigenvalue weighted by Crippen LogP contribution is -2.44. The Labute approximate surface area is 132 Å². The second-order valence-corrected chi connectivity index (χ2v) is 8.38. The highest BCUT2D eigenvalue weighted by Gasteiger charge is 2.23. The molecular weight excluding hydrogens is 303 g/mol. The monoisotopic (exact) mass is 328 g/mol. The summed E-state index contributed by atoms with van der Waals surface area (Å²) in [6.07, 6.45) is 2.00. The van der Waals surface area contributed by atoms with Crippen LogP contribution in [-0.4, -0.2) is 57.5 Å². The van der Waals surface area contributed by atoms with E-state index in [4.69, 9.17) is 0 Å². The first-order valence-electron chi connectivity index (χ1n) is 7.82. The Hall–Kier alpha value is -1.14. The van der Waals surface area contributed by atoms with Gasteiger partial charge >= 0.3 is 0 Å². The van der Waals surface area contributed by atoms with Crippen LogP contribution in [0, 0.1) is 5.82 Å². The fraction of sp³-hybridized carbons (Fsp3) is 0.625. The van der Waals surface area contributed by atoms with Crippen molar-refractivity contribution >= 4 is 15.5 Å². The third-order valence-corrected chi connectivity index (χ3v) is 6.16. The van der Waals surface area contributed by atoms with Gasteiger partial charge in [0.05, 0.1) is 5.75 Å². The fourth-order valence-electron chi connectivity index (χ4n) is 2.83. The van der Waals surface area contributed by atoms with Gasteiger partial charge in [-0.2, -0.15) is 0 Å². The van der Waals surface area contributed by atoms with Gasteiger partial charge in [0.15, 0.2) is 9.84 Å². The van der Waals surface area contributed by atoms with Gasteiger partial charge in [0.25, 0.3) is 0 Å². The van der Waals surface area contributed by atoms with Gasteiger partial charge in [0, 0.05) is 37.1 Å². The number of halogens is 1.